The van der Waals surface area contributed by atoms with Gasteiger partial charge >= 0.3 is 18.3 Å². The van der Waals surface area contributed by atoms with Gasteiger partial charge in [0.05, 0.1) is 39.8 Å². The van der Waals surface area contributed by atoms with E-state index in [1.54, 1.807) is 4.90 Å². The lowest BCUT2D eigenvalue weighted by atomic mass is 9.92. The zero-order valence-electron chi connectivity index (χ0n) is 64.2. The molecule has 8 aliphatic heterocycles. The van der Waals surface area contributed by atoms with Gasteiger partial charge in [-0.3, -0.25) is 19.9 Å². The number of rotatable bonds is 7. The summed E-state index contributed by atoms with van der Waals surface area (Å²) in [5.41, 5.74) is 18.1. The first-order valence-electron chi connectivity index (χ1n) is 38.6. The van der Waals surface area contributed by atoms with Crippen molar-refractivity contribution in [1.29, 1.82) is 0 Å². The number of benzene rings is 4. The summed E-state index contributed by atoms with van der Waals surface area (Å²) < 4.78 is 17.5. The molecule has 18 nitrogen and oxygen atoms in total. The van der Waals surface area contributed by atoms with Gasteiger partial charge in [0, 0.05) is 141 Å². The van der Waals surface area contributed by atoms with Crippen LogP contribution in [0, 0.1) is 0 Å². The fourth-order valence-electron chi connectivity index (χ4n) is 15.6. The molecule has 4 saturated heterocycles. The summed E-state index contributed by atoms with van der Waals surface area (Å²) >= 11 is 3.55. The highest BCUT2D eigenvalue weighted by Crippen LogP contribution is 2.44. The Labute approximate surface area is 649 Å². The van der Waals surface area contributed by atoms with Crippen LogP contribution in [0.2, 0.25) is 0 Å². The molecule has 4 aromatic heterocycles. The molecule has 0 radical (unpaired) electrons. The molecular weight excluding hydrogens is 1420 g/mol. The Morgan fingerprint density at radius 2 is 0.654 bits per heavy atom. The number of ether oxygens (including phenoxy) is 3. The molecule has 4 fully saturated rings. The van der Waals surface area contributed by atoms with Crippen molar-refractivity contribution in [2.24, 2.45) is 0 Å². The van der Waals surface area contributed by atoms with E-state index in [1.807, 2.05) is 121 Å². The number of pyridine rings is 4. The van der Waals surface area contributed by atoms with Crippen LogP contribution in [0.25, 0.3) is 0 Å². The molecule has 0 bridgehead atoms. The minimum atomic E-state index is -0.453. The number of nitrogens with one attached hydrogen (secondary N) is 2. The summed E-state index contributed by atoms with van der Waals surface area (Å²) in [5, 5.41) is 6.75. The van der Waals surface area contributed by atoms with Gasteiger partial charge in [0.2, 0.25) is 0 Å². The van der Waals surface area contributed by atoms with E-state index in [2.05, 4.69) is 168 Å². The first-order valence-corrected chi connectivity index (χ1v) is 39.4. The van der Waals surface area contributed by atoms with E-state index in [4.69, 9.17) is 29.2 Å². The third kappa shape index (κ3) is 20.9. The van der Waals surface area contributed by atoms with Gasteiger partial charge in [-0.05, 0) is 263 Å². The number of hydrogen-bond donors (Lipinski definition) is 2. The lowest BCUT2D eigenvalue weighted by Gasteiger charge is -2.34. The maximum absolute atomic E-state index is 12.4. The van der Waals surface area contributed by atoms with Gasteiger partial charge < -0.3 is 54.2 Å². The summed E-state index contributed by atoms with van der Waals surface area (Å²) in [6.45, 7) is 27.8. The third-order valence-corrected chi connectivity index (χ3v) is 21.5. The standard InChI is InChI=1S/2C23H29N3O2.C18H21N3.C15H21BrN2O2.C8H9N.ClH/c2*1-23(2,3)28-22(27)25-14-10-18(11-15-25)21-20(9-6-13-24-21)26-16-12-17-7-4-5-8-19(17)26;1-2-5-16-14(4-1)9-13-21(16)17-6-3-10-20-18(17)15-7-11-19-12-8-15;1-15(2,3)20-14(19)18-9-6-11(7-10-18)13-12(16)5-4-8-17-13;1-2-4-8-7(3-1)5-6-9-8;/h2*4-9,13,18H,10-12,14-16H2,1-3H3;1-6,10,15,19H,7-9,11-13H2;4-5,8,11H,6-7,9-10H2,1-3H3;1-4,9H,5-6H2;1H. The summed E-state index contributed by atoms with van der Waals surface area (Å²) in [5.74, 6) is 1.73. The molecule has 0 unspecified atom stereocenters. The van der Waals surface area contributed by atoms with Crippen LogP contribution in [0.5, 0.6) is 0 Å². The highest BCUT2D eigenvalue weighted by molar-refractivity contribution is 9.10. The SMILES string of the molecule is CC(C)(C)OC(=O)N1CCC(c2ncccc2Br)CC1.CC(C)(C)OC(=O)N1CCC(c2ncccc2N2CCc3ccccc32)CC1.CC(C)(C)OC(=O)N1CCC(c2ncccc2N2CCc3ccccc32)CC1.Cl.c1ccc2c(c1)CCN2.c1ccc2c(c1)CCN2c1cccnc1C1CCNCC1. The van der Waals surface area contributed by atoms with Crippen LogP contribution < -0.4 is 25.3 Å². The molecule has 0 saturated carbocycles. The third-order valence-electron chi connectivity index (χ3n) is 20.8. The molecule has 3 amide bonds. The van der Waals surface area contributed by atoms with Crippen molar-refractivity contribution in [3.63, 3.8) is 0 Å². The molecule has 0 spiro atoms. The number of piperidine rings is 4. The molecule has 0 aliphatic carbocycles. The minimum Gasteiger partial charge on any atom is -0.444 e. The molecule has 4 aromatic carbocycles. The van der Waals surface area contributed by atoms with Crippen molar-refractivity contribution in [1.82, 2.24) is 40.0 Å². The Kier molecular flexibility index (Phi) is 27.0. The van der Waals surface area contributed by atoms with Crippen LogP contribution in [-0.2, 0) is 39.9 Å². The van der Waals surface area contributed by atoms with Crippen molar-refractivity contribution < 1.29 is 28.6 Å². The fraction of sp³-hybridized carbons (Fsp3) is 0.460. The molecule has 8 aliphatic rings. The van der Waals surface area contributed by atoms with Crippen LogP contribution in [0.3, 0.4) is 0 Å². The molecule has 16 rings (SSSR count). The number of para-hydroxylation sites is 4. The van der Waals surface area contributed by atoms with Crippen LogP contribution in [-0.4, -0.2) is 148 Å². The van der Waals surface area contributed by atoms with E-state index < -0.39 is 16.8 Å². The predicted molar refractivity (Wildman–Crippen MR) is 436 cm³/mol. The lowest BCUT2D eigenvalue weighted by molar-refractivity contribution is 0.0193. The minimum absolute atomic E-state index is 0. The molecule has 0 atom stereocenters. The summed E-state index contributed by atoms with van der Waals surface area (Å²) in [6.07, 6.45) is 19.3. The van der Waals surface area contributed by atoms with Crippen LogP contribution in [0.4, 0.5) is 54.2 Å². The number of likely N-dealkylation sites (tertiary alicyclic amines) is 3. The van der Waals surface area contributed by atoms with Crippen LogP contribution in [0.1, 0.15) is 182 Å². The number of hydrogen-bond acceptors (Lipinski definition) is 15. The van der Waals surface area contributed by atoms with Crippen molar-refractivity contribution in [2.75, 3.05) is 98.6 Å². The number of anilines is 7. The van der Waals surface area contributed by atoms with Gasteiger partial charge in [0.25, 0.3) is 0 Å². The van der Waals surface area contributed by atoms with Crippen molar-refractivity contribution >= 4 is 86.4 Å². The van der Waals surface area contributed by atoms with Crippen molar-refractivity contribution in [3.05, 3.63) is 220 Å². The topological polar surface area (TPSA) is 174 Å². The Morgan fingerprint density at radius 3 is 1.00 bits per heavy atom. The average molecular weight is 1540 g/mol. The fourth-order valence-corrected chi connectivity index (χ4v) is 16.2. The van der Waals surface area contributed by atoms with Crippen LogP contribution in [0.15, 0.2) is 175 Å². The second-order valence-corrected chi connectivity index (χ2v) is 32.6. The Bertz CT molecular complexity index is 4080. The zero-order chi connectivity index (χ0) is 74.4. The Hall–Kier alpha value is -8.78. The predicted octanol–water partition coefficient (Wildman–Crippen LogP) is 19.1. The second-order valence-electron chi connectivity index (χ2n) is 31.8. The number of halogens is 2. The number of carbonyl (C=O) groups is 3. The molecule has 107 heavy (non-hydrogen) atoms. The highest BCUT2D eigenvalue weighted by Gasteiger charge is 2.35. The summed E-state index contributed by atoms with van der Waals surface area (Å²) in [6, 6.07) is 51.1. The monoisotopic (exact) mass is 1530 g/mol. The molecule has 568 valence electrons. The van der Waals surface area contributed by atoms with Gasteiger partial charge in [0.15, 0.2) is 0 Å². The van der Waals surface area contributed by atoms with E-state index in [0.717, 1.165) is 132 Å². The normalized spacial score (nSPS) is 17.3. The maximum Gasteiger partial charge on any atom is 0.410 e. The smallest absolute Gasteiger partial charge is 0.410 e. The van der Waals surface area contributed by atoms with E-state index in [-0.39, 0.29) is 30.7 Å². The highest BCUT2D eigenvalue weighted by atomic mass is 79.9. The van der Waals surface area contributed by atoms with Gasteiger partial charge in [0.1, 0.15) is 16.8 Å². The zero-order valence-corrected chi connectivity index (χ0v) is 66.6. The average Bonchev–Trinajstić information content (AvgIpc) is 1.83. The maximum atomic E-state index is 12.4. The molecule has 20 heteroatoms. The van der Waals surface area contributed by atoms with Crippen molar-refractivity contribution in [2.45, 2.75) is 180 Å². The van der Waals surface area contributed by atoms with Gasteiger partial charge in [-0.2, -0.15) is 0 Å². The molecule has 12 heterocycles. The van der Waals surface area contributed by atoms with Gasteiger partial charge in [-0.15, -0.1) is 12.4 Å². The van der Waals surface area contributed by atoms with Gasteiger partial charge in [-0.1, -0.05) is 72.8 Å². The quantitative estimate of drug-likeness (QED) is 0.144. The number of carbonyl (C=O) groups excluding carboxylic acids is 3. The molecule has 2 N–H and O–H groups in total. The largest absolute Gasteiger partial charge is 0.444 e. The second kappa shape index (κ2) is 36.4. The van der Waals surface area contributed by atoms with E-state index >= 15 is 0 Å². The van der Waals surface area contributed by atoms with Crippen LogP contribution >= 0.6 is 28.3 Å². The number of fused-ring (bicyclic) bond motifs is 4. The van der Waals surface area contributed by atoms with E-state index in [0.29, 0.717) is 49.9 Å². The molecular formula is C87H110BrClN12O6. The van der Waals surface area contributed by atoms with Crippen molar-refractivity contribution in [3.8, 4) is 0 Å². The lowest BCUT2D eigenvalue weighted by Crippen LogP contribution is -2.41. The number of aromatic nitrogens is 4. The number of amides is 3. The first-order chi connectivity index (χ1) is 51.1. The number of nitrogens with zero attached hydrogens (tertiary/aromatic N) is 10. The van der Waals surface area contributed by atoms with Gasteiger partial charge in [-0.25, -0.2) is 14.4 Å². The molecule has 8 aromatic rings. The first kappa shape index (κ1) is 79.3. The van der Waals surface area contributed by atoms with E-state index in [1.165, 1.54) is 87.0 Å². The summed E-state index contributed by atoms with van der Waals surface area (Å²) in [7, 11) is 0. The Balaban J connectivity index is 0.000000137. The Morgan fingerprint density at radius 1 is 0.355 bits per heavy atom. The van der Waals surface area contributed by atoms with E-state index in [9.17, 15) is 14.4 Å². The summed E-state index contributed by atoms with van der Waals surface area (Å²) in [4.78, 5) is 68.2.